The first-order valence-electron chi connectivity index (χ1n) is 4.10. The Hall–Kier alpha value is -0.250. The van der Waals surface area contributed by atoms with Crippen LogP contribution in [0.2, 0.25) is 0 Å². The first-order valence-corrected chi connectivity index (χ1v) is 4.10. The summed E-state index contributed by atoms with van der Waals surface area (Å²) in [5.74, 6) is 0. The maximum atomic E-state index is 12.4. The highest BCUT2D eigenvalue weighted by atomic mass is 19.4. The van der Waals surface area contributed by atoms with E-state index in [-0.39, 0.29) is 12.8 Å². The van der Waals surface area contributed by atoms with Crippen LogP contribution in [0.5, 0.6) is 0 Å². The molecule has 0 unspecified atom stereocenters. The summed E-state index contributed by atoms with van der Waals surface area (Å²) in [4.78, 5) is 1.94. The van der Waals surface area contributed by atoms with Crippen LogP contribution < -0.4 is 0 Å². The van der Waals surface area contributed by atoms with Crippen LogP contribution in [-0.2, 0) is 0 Å². The van der Waals surface area contributed by atoms with E-state index in [4.69, 9.17) is 0 Å². The van der Waals surface area contributed by atoms with Crippen molar-refractivity contribution < 1.29 is 13.2 Å². The molecular formula is C8H14F3N. The van der Waals surface area contributed by atoms with E-state index in [1.807, 2.05) is 11.9 Å². The molecule has 1 rings (SSSR count). The summed E-state index contributed by atoms with van der Waals surface area (Å²) in [7, 11) is 1.86. The van der Waals surface area contributed by atoms with Crippen molar-refractivity contribution >= 4 is 0 Å². The van der Waals surface area contributed by atoms with Crippen LogP contribution in [0, 0.1) is 5.41 Å². The molecule has 0 aromatic heterocycles. The predicted octanol–water partition coefficient (Wildman–Crippen LogP) is 2.28. The third-order valence-corrected chi connectivity index (χ3v) is 2.77. The first-order chi connectivity index (χ1) is 5.35. The maximum Gasteiger partial charge on any atom is 0.394 e. The smallest absolute Gasteiger partial charge is 0.306 e. The molecule has 1 aliphatic rings. The molecule has 1 fully saturated rings. The number of rotatable bonds is 0. The highest BCUT2D eigenvalue weighted by Gasteiger charge is 2.51. The largest absolute Gasteiger partial charge is 0.394 e. The van der Waals surface area contributed by atoms with Crippen LogP contribution in [0.15, 0.2) is 0 Å². The molecule has 1 heterocycles. The minimum Gasteiger partial charge on any atom is -0.306 e. The fraction of sp³-hybridized carbons (Fsp3) is 1.00. The molecule has 1 saturated heterocycles. The number of alkyl halides is 3. The van der Waals surface area contributed by atoms with Gasteiger partial charge in [-0.2, -0.15) is 13.2 Å². The van der Waals surface area contributed by atoms with Gasteiger partial charge in [0.05, 0.1) is 5.41 Å². The molecule has 0 N–H and O–H groups in total. The molecule has 0 saturated carbocycles. The van der Waals surface area contributed by atoms with Gasteiger partial charge < -0.3 is 4.90 Å². The Kier molecular flexibility index (Phi) is 2.38. The highest BCUT2D eigenvalue weighted by molar-refractivity contribution is 4.87. The highest BCUT2D eigenvalue weighted by Crippen LogP contribution is 2.45. The lowest BCUT2D eigenvalue weighted by molar-refractivity contribution is -0.230. The van der Waals surface area contributed by atoms with Crippen molar-refractivity contribution in [3.8, 4) is 0 Å². The molecule has 0 amide bonds. The Balaban J connectivity index is 2.62. The van der Waals surface area contributed by atoms with Crippen molar-refractivity contribution in [3.63, 3.8) is 0 Å². The second-order valence-electron chi connectivity index (χ2n) is 3.86. The summed E-state index contributed by atoms with van der Waals surface area (Å²) >= 11 is 0. The van der Waals surface area contributed by atoms with E-state index in [1.165, 1.54) is 6.92 Å². The summed E-state index contributed by atoms with van der Waals surface area (Å²) in [5, 5.41) is 0. The van der Waals surface area contributed by atoms with Crippen LogP contribution in [0.1, 0.15) is 19.8 Å². The molecule has 1 nitrogen and oxygen atoms in total. The molecule has 0 spiro atoms. The fourth-order valence-corrected chi connectivity index (χ4v) is 1.40. The zero-order valence-corrected chi connectivity index (χ0v) is 7.41. The van der Waals surface area contributed by atoms with E-state index in [0.29, 0.717) is 13.1 Å². The monoisotopic (exact) mass is 181 g/mol. The molecule has 0 aromatic rings. The predicted molar refractivity (Wildman–Crippen MR) is 40.9 cm³/mol. The van der Waals surface area contributed by atoms with Gasteiger partial charge in [0.2, 0.25) is 0 Å². The minimum atomic E-state index is -4.03. The molecule has 0 atom stereocenters. The van der Waals surface area contributed by atoms with Gasteiger partial charge in [-0.05, 0) is 33.0 Å². The zero-order chi connectivity index (χ0) is 9.41. The number of hydrogen-bond donors (Lipinski definition) is 0. The van der Waals surface area contributed by atoms with Gasteiger partial charge in [-0.3, -0.25) is 0 Å². The Morgan fingerprint density at radius 2 is 1.58 bits per heavy atom. The number of halogens is 3. The summed E-state index contributed by atoms with van der Waals surface area (Å²) in [6.45, 7) is 2.42. The molecule has 0 aromatic carbocycles. The van der Waals surface area contributed by atoms with Gasteiger partial charge in [0.1, 0.15) is 0 Å². The standard InChI is InChI=1S/C8H14F3N/c1-7(8(9,10)11)3-5-12(2)6-4-7/h3-6H2,1-2H3. The SMILES string of the molecule is CN1CCC(C)(C(F)(F)F)CC1. The van der Waals surface area contributed by atoms with Crippen molar-refractivity contribution in [2.45, 2.75) is 25.9 Å². The summed E-state index contributed by atoms with van der Waals surface area (Å²) in [5.41, 5.74) is -1.44. The summed E-state index contributed by atoms with van der Waals surface area (Å²) in [6.07, 6.45) is -3.58. The Bertz CT molecular complexity index is 156. The average molecular weight is 181 g/mol. The van der Waals surface area contributed by atoms with Crippen LogP contribution in [-0.4, -0.2) is 31.2 Å². The Morgan fingerprint density at radius 3 is 1.92 bits per heavy atom. The van der Waals surface area contributed by atoms with Crippen LogP contribution in [0.25, 0.3) is 0 Å². The lowest BCUT2D eigenvalue weighted by atomic mass is 9.80. The van der Waals surface area contributed by atoms with Crippen molar-refractivity contribution in [3.05, 3.63) is 0 Å². The maximum absolute atomic E-state index is 12.4. The third kappa shape index (κ3) is 1.73. The van der Waals surface area contributed by atoms with E-state index in [0.717, 1.165) is 0 Å². The van der Waals surface area contributed by atoms with E-state index in [2.05, 4.69) is 0 Å². The quantitative estimate of drug-likeness (QED) is 0.554. The van der Waals surface area contributed by atoms with Gasteiger partial charge in [0.15, 0.2) is 0 Å². The molecule has 0 bridgehead atoms. The molecule has 1 aliphatic heterocycles. The minimum absolute atomic E-state index is 0.229. The van der Waals surface area contributed by atoms with Gasteiger partial charge in [-0.25, -0.2) is 0 Å². The van der Waals surface area contributed by atoms with Crippen LogP contribution in [0.3, 0.4) is 0 Å². The van der Waals surface area contributed by atoms with Crippen LogP contribution >= 0.6 is 0 Å². The summed E-state index contributed by atoms with van der Waals surface area (Å²) < 4.78 is 37.3. The van der Waals surface area contributed by atoms with Crippen LogP contribution in [0.4, 0.5) is 13.2 Å². The van der Waals surface area contributed by atoms with Gasteiger partial charge in [0, 0.05) is 0 Å². The number of likely N-dealkylation sites (tertiary alicyclic amines) is 1. The lowest BCUT2D eigenvalue weighted by Gasteiger charge is -2.38. The molecule has 72 valence electrons. The van der Waals surface area contributed by atoms with Gasteiger partial charge in [-0.1, -0.05) is 6.92 Å². The second kappa shape index (κ2) is 2.91. The Labute approximate surface area is 70.5 Å². The van der Waals surface area contributed by atoms with E-state index in [9.17, 15) is 13.2 Å². The molecule has 0 aliphatic carbocycles. The number of nitrogens with zero attached hydrogens (tertiary/aromatic N) is 1. The topological polar surface area (TPSA) is 3.24 Å². The van der Waals surface area contributed by atoms with Crippen molar-refractivity contribution in [1.82, 2.24) is 4.90 Å². The van der Waals surface area contributed by atoms with Gasteiger partial charge in [-0.15, -0.1) is 0 Å². The van der Waals surface area contributed by atoms with Crippen molar-refractivity contribution in [2.75, 3.05) is 20.1 Å². The van der Waals surface area contributed by atoms with E-state index in [1.54, 1.807) is 0 Å². The van der Waals surface area contributed by atoms with Crippen molar-refractivity contribution in [1.29, 1.82) is 0 Å². The fourth-order valence-electron chi connectivity index (χ4n) is 1.40. The number of piperidine rings is 1. The summed E-state index contributed by atoms with van der Waals surface area (Å²) in [6, 6.07) is 0. The second-order valence-corrected chi connectivity index (χ2v) is 3.86. The molecule has 4 heteroatoms. The van der Waals surface area contributed by atoms with Gasteiger partial charge >= 0.3 is 6.18 Å². The molecular weight excluding hydrogens is 167 g/mol. The molecule has 12 heavy (non-hydrogen) atoms. The zero-order valence-electron chi connectivity index (χ0n) is 7.41. The number of hydrogen-bond acceptors (Lipinski definition) is 1. The lowest BCUT2D eigenvalue weighted by Crippen LogP contribution is -2.44. The Morgan fingerprint density at radius 1 is 1.17 bits per heavy atom. The van der Waals surface area contributed by atoms with E-state index >= 15 is 0 Å². The average Bonchev–Trinajstić information content (AvgIpc) is 1.93. The van der Waals surface area contributed by atoms with Gasteiger partial charge in [0.25, 0.3) is 0 Å². The van der Waals surface area contributed by atoms with Crippen molar-refractivity contribution in [2.24, 2.45) is 5.41 Å². The van der Waals surface area contributed by atoms with E-state index < -0.39 is 11.6 Å². The third-order valence-electron chi connectivity index (χ3n) is 2.77. The molecule has 0 radical (unpaired) electrons. The normalized spacial score (nSPS) is 25.8. The first kappa shape index (κ1) is 9.84.